The molecule has 0 aromatic carbocycles. The van der Waals surface area contributed by atoms with Crippen molar-refractivity contribution in [2.45, 2.75) is 173 Å². The Kier molecular flexibility index (Phi) is 15.5. The molecule has 3 heterocycles. The highest BCUT2D eigenvalue weighted by Gasteiger charge is 2.51. The average molecular weight is 734 g/mol. The SMILES string of the molecule is CC[C@H]1OC(=O)[C@H](C)[C@@H](O[C@H]2C[C@@](C)(OC)[C@@H](O)[C@H](C)O2)[C@H](C)[C@@H](O[C@@H]2O[C@H](C)C[C@H](N(C)C)[C@H]2O)[C@H](OC)C[C@@H](C)C(=O)[C@H](C)[C@@H](O)[C@]1(C)O. The number of hydrogen-bond donors (Lipinski definition) is 4. The zero-order chi connectivity index (χ0) is 38.7. The van der Waals surface area contributed by atoms with E-state index in [-0.39, 0.29) is 37.2 Å². The predicted octanol–water partition coefficient (Wildman–Crippen LogP) is 2.05. The van der Waals surface area contributed by atoms with Gasteiger partial charge in [-0.15, -0.1) is 0 Å². The molecule has 0 radical (unpaired) electrons. The first-order valence-corrected chi connectivity index (χ1v) is 18.5. The number of aliphatic hydroxyl groups excluding tert-OH is 3. The van der Waals surface area contributed by atoms with Crippen molar-refractivity contribution in [1.29, 1.82) is 0 Å². The third kappa shape index (κ3) is 9.69. The maximum absolute atomic E-state index is 14.1. The number of methoxy groups -OCH3 is 2. The fraction of sp³-hybridized carbons (Fsp3) is 0.946. The summed E-state index contributed by atoms with van der Waals surface area (Å²) in [4.78, 5) is 29.8. The Bertz CT molecular complexity index is 1140. The number of hydrogen-bond acceptors (Lipinski definition) is 14. The first-order chi connectivity index (χ1) is 23.6. The molecule has 14 nitrogen and oxygen atoms in total. The van der Waals surface area contributed by atoms with E-state index in [0.29, 0.717) is 6.42 Å². The van der Waals surface area contributed by atoms with Gasteiger partial charge in [0.25, 0.3) is 0 Å². The second kappa shape index (κ2) is 17.9. The summed E-state index contributed by atoms with van der Waals surface area (Å²) in [6, 6.07) is -0.272. The first-order valence-electron chi connectivity index (χ1n) is 18.5. The van der Waals surface area contributed by atoms with Crippen LogP contribution in [0.15, 0.2) is 0 Å². The minimum Gasteiger partial charge on any atom is -0.459 e. The largest absolute Gasteiger partial charge is 0.459 e. The summed E-state index contributed by atoms with van der Waals surface area (Å²) in [6.07, 6.45) is -9.30. The zero-order valence-electron chi connectivity index (χ0n) is 33.0. The molecule has 0 saturated carbocycles. The number of rotatable bonds is 8. The van der Waals surface area contributed by atoms with Gasteiger partial charge in [-0.3, -0.25) is 9.59 Å². The number of carbonyl (C=O) groups excluding carboxylic acids is 2. The van der Waals surface area contributed by atoms with Crippen LogP contribution in [-0.2, 0) is 42.7 Å². The Hall–Kier alpha value is -1.30. The summed E-state index contributed by atoms with van der Waals surface area (Å²) in [7, 11) is 6.75. The van der Waals surface area contributed by atoms with Gasteiger partial charge in [-0.2, -0.15) is 0 Å². The summed E-state index contributed by atoms with van der Waals surface area (Å²) >= 11 is 0. The Morgan fingerprint density at radius 3 is 2.06 bits per heavy atom. The second-order valence-corrected chi connectivity index (χ2v) is 16.0. The number of esters is 1. The molecule has 14 heteroatoms. The number of ketones is 1. The number of likely N-dealkylation sites (N-methyl/N-ethyl adjacent to an activating group) is 1. The molecule has 0 bridgehead atoms. The van der Waals surface area contributed by atoms with Gasteiger partial charge in [0.2, 0.25) is 0 Å². The van der Waals surface area contributed by atoms with Crippen molar-refractivity contribution < 1.29 is 63.2 Å². The van der Waals surface area contributed by atoms with Crippen molar-refractivity contribution in [1.82, 2.24) is 4.90 Å². The van der Waals surface area contributed by atoms with Crippen LogP contribution in [0.5, 0.6) is 0 Å². The van der Waals surface area contributed by atoms with Gasteiger partial charge in [-0.25, -0.2) is 0 Å². The standard InChI is InChI=1S/C37H67NO13/c1-14-26-37(9,44)32(41)20(4)28(39)18(2)15-25(45-12)31(51-35-29(40)24(38(10)11)16-19(3)47-35)21(5)30(22(6)34(43)49-26)50-27-17-36(8,46-13)33(42)23(7)48-27/h18-27,29-33,35,40-42,44H,14-17H2,1-13H3/t18-,19-,20+,21+,22-,23+,24+,25-,26-,27+,29-,30+,31-,32-,33+,35+,36-,37-/m1/s1. The van der Waals surface area contributed by atoms with Crippen molar-refractivity contribution in [2.75, 3.05) is 28.3 Å². The number of carbonyl (C=O) groups is 2. The maximum atomic E-state index is 14.1. The van der Waals surface area contributed by atoms with Gasteiger partial charge in [0, 0.05) is 44.4 Å². The summed E-state index contributed by atoms with van der Waals surface area (Å²) in [5.41, 5.74) is -2.97. The number of cyclic esters (lactones) is 1. The van der Waals surface area contributed by atoms with Gasteiger partial charge < -0.3 is 58.5 Å². The molecule has 3 rings (SSSR count). The van der Waals surface area contributed by atoms with Crippen molar-refractivity contribution in [3.63, 3.8) is 0 Å². The van der Waals surface area contributed by atoms with Gasteiger partial charge in [-0.1, -0.05) is 27.7 Å². The zero-order valence-corrected chi connectivity index (χ0v) is 33.0. The van der Waals surface area contributed by atoms with Crippen LogP contribution >= 0.6 is 0 Å². The highest BCUT2D eigenvalue weighted by molar-refractivity contribution is 5.83. The molecule has 0 aliphatic carbocycles. The van der Waals surface area contributed by atoms with E-state index >= 15 is 0 Å². The van der Waals surface area contributed by atoms with Crippen molar-refractivity contribution in [3.8, 4) is 0 Å². The number of ether oxygens (including phenoxy) is 7. The topological polar surface area (TPSA) is 183 Å². The van der Waals surface area contributed by atoms with Gasteiger partial charge in [0.05, 0.1) is 48.1 Å². The molecular weight excluding hydrogens is 666 g/mol. The van der Waals surface area contributed by atoms with Crippen LogP contribution < -0.4 is 0 Å². The molecule has 3 aliphatic rings. The molecule has 0 unspecified atom stereocenters. The van der Waals surface area contributed by atoms with E-state index in [4.69, 9.17) is 33.2 Å². The quantitative estimate of drug-likeness (QED) is 0.266. The van der Waals surface area contributed by atoms with E-state index in [2.05, 4.69) is 0 Å². The maximum Gasteiger partial charge on any atom is 0.311 e. The summed E-state index contributed by atoms with van der Waals surface area (Å²) < 4.78 is 43.4. The van der Waals surface area contributed by atoms with Crippen LogP contribution in [0.1, 0.15) is 88.0 Å². The van der Waals surface area contributed by atoms with Crippen LogP contribution in [0.3, 0.4) is 0 Å². The molecule has 3 saturated heterocycles. The molecule has 3 fully saturated rings. The van der Waals surface area contributed by atoms with Crippen LogP contribution in [0, 0.1) is 23.7 Å². The normalized spacial score (nSPS) is 48.3. The van der Waals surface area contributed by atoms with Crippen LogP contribution in [0.4, 0.5) is 0 Å². The van der Waals surface area contributed by atoms with E-state index < -0.39 is 102 Å². The average Bonchev–Trinajstić information content (AvgIpc) is 3.08. The first kappa shape index (κ1) is 44.1. The molecule has 51 heavy (non-hydrogen) atoms. The lowest BCUT2D eigenvalue weighted by molar-refractivity contribution is -0.312. The van der Waals surface area contributed by atoms with Crippen molar-refractivity contribution in [2.24, 2.45) is 23.7 Å². The highest BCUT2D eigenvalue weighted by Crippen LogP contribution is 2.39. The molecule has 298 valence electrons. The molecule has 18 atom stereocenters. The molecule has 4 N–H and O–H groups in total. The van der Waals surface area contributed by atoms with E-state index in [1.54, 1.807) is 41.5 Å². The second-order valence-electron chi connectivity index (χ2n) is 16.0. The third-order valence-electron chi connectivity index (χ3n) is 11.8. The Morgan fingerprint density at radius 1 is 0.882 bits per heavy atom. The van der Waals surface area contributed by atoms with E-state index in [1.165, 1.54) is 21.1 Å². The van der Waals surface area contributed by atoms with Gasteiger partial charge in [0.15, 0.2) is 12.6 Å². The molecule has 0 amide bonds. The highest BCUT2D eigenvalue weighted by atomic mass is 16.7. The van der Waals surface area contributed by atoms with Crippen molar-refractivity contribution >= 4 is 11.8 Å². The summed E-state index contributed by atoms with van der Waals surface area (Å²) in [5, 5.41) is 45.3. The minimum atomic E-state index is -1.95. The molecule has 3 aliphatic heterocycles. The summed E-state index contributed by atoms with van der Waals surface area (Å²) in [6.45, 7) is 15.2. The monoisotopic (exact) mass is 733 g/mol. The lowest BCUT2D eigenvalue weighted by Gasteiger charge is -2.47. The fourth-order valence-electron chi connectivity index (χ4n) is 8.14. The van der Waals surface area contributed by atoms with Gasteiger partial charge in [-0.05, 0) is 68.0 Å². The van der Waals surface area contributed by atoms with E-state index in [0.717, 1.165) is 0 Å². The number of Topliss-reactive ketones (excluding diaryl/α,β-unsaturated/α-hetero) is 1. The molecule has 0 spiro atoms. The smallest absolute Gasteiger partial charge is 0.311 e. The lowest BCUT2D eigenvalue weighted by atomic mass is 9.77. The van der Waals surface area contributed by atoms with E-state index in [9.17, 15) is 30.0 Å². The summed E-state index contributed by atoms with van der Waals surface area (Å²) in [5.74, 6) is -4.36. The van der Waals surface area contributed by atoms with Gasteiger partial charge >= 0.3 is 5.97 Å². The molecule has 0 aromatic rings. The predicted molar refractivity (Wildman–Crippen MR) is 186 cm³/mol. The molecule has 0 aromatic heterocycles. The minimum absolute atomic E-state index is 0.133. The van der Waals surface area contributed by atoms with E-state index in [1.807, 2.05) is 32.8 Å². The van der Waals surface area contributed by atoms with Crippen LogP contribution in [0.2, 0.25) is 0 Å². The van der Waals surface area contributed by atoms with Gasteiger partial charge in [0.1, 0.15) is 29.7 Å². The Balaban J connectivity index is 2.17. The fourth-order valence-corrected chi connectivity index (χ4v) is 8.14. The Morgan fingerprint density at radius 2 is 1.51 bits per heavy atom. The van der Waals surface area contributed by atoms with Crippen LogP contribution in [-0.4, -0.2) is 150 Å². The molecular formula is C37H67NO13. The number of nitrogens with zero attached hydrogens (tertiary/aromatic N) is 1. The third-order valence-corrected chi connectivity index (χ3v) is 11.8. The number of aliphatic hydroxyl groups is 4. The van der Waals surface area contributed by atoms with Crippen LogP contribution in [0.25, 0.3) is 0 Å². The lowest BCUT2D eigenvalue weighted by Crippen LogP contribution is -2.59. The van der Waals surface area contributed by atoms with Crippen molar-refractivity contribution in [3.05, 3.63) is 0 Å². The Labute approximate surface area is 304 Å².